The molecule has 2 nitrogen and oxygen atoms in total. The molecule has 0 N–H and O–H groups in total. The van der Waals surface area contributed by atoms with Crippen LogP contribution in [0.2, 0.25) is 0 Å². The summed E-state index contributed by atoms with van der Waals surface area (Å²) >= 11 is 0. The minimum Gasteiger partial charge on any atom is -0.527 e. The smallest absolute Gasteiger partial charge is 0.322 e. The standard InChI is InChI=1S/C8H10O2Si/c1-4-8(5-2,6-3)7(9)10-11/h1-2H,6H2,3,11H3. The average Bonchev–Trinajstić information content (AvgIpc) is 2.08. The van der Waals surface area contributed by atoms with Gasteiger partial charge >= 0.3 is 5.97 Å². The van der Waals surface area contributed by atoms with Gasteiger partial charge in [0.2, 0.25) is 10.5 Å². The van der Waals surface area contributed by atoms with Gasteiger partial charge in [-0.2, -0.15) is 0 Å². The lowest BCUT2D eigenvalue weighted by atomic mass is 9.88. The molecule has 0 rings (SSSR count). The first kappa shape index (κ1) is 9.81. The van der Waals surface area contributed by atoms with E-state index in [-0.39, 0.29) is 0 Å². The van der Waals surface area contributed by atoms with E-state index in [1.54, 1.807) is 6.92 Å². The van der Waals surface area contributed by atoms with Crippen LogP contribution in [0.5, 0.6) is 0 Å². The fourth-order valence-corrected chi connectivity index (χ4v) is 1.03. The lowest BCUT2D eigenvalue weighted by Crippen LogP contribution is -2.28. The highest BCUT2D eigenvalue weighted by atomic mass is 28.2. The molecule has 0 radical (unpaired) electrons. The molecule has 0 aromatic heterocycles. The molecule has 11 heavy (non-hydrogen) atoms. The van der Waals surface area contributed by atoms with Crippen LogP contribution in [0.3, 0.4) is 0 Å². The summed E-state index contributed by atoms with van der Waals surface area (Å²) in [5.74, 6) is 4.08. The van der Waals surface area contributed by atoms with Crippen LogP contribution < -0.4 is 0 Å². The molecule has 0 aromatic rings. The molecule has 0 aromatic carbocycles. The topological polar surface area (TPSA) is 26.3 Å². The second-order valence-corrected chi connectivity index (χ2v) is 2.45. The van der Waals surface area contributed by atoms with Crippen molar-refractivity contribution in [1.29, 1.82) is 0 Å². The van der Waals surface area contributed by atoms with Crippen molar-refractivity contribution < 1.29 is 9.22 Å². The van der Waals surface area contributed by atoms with Gasteiger partial charge in [0.15, 0.2) is 5.41 Å². The largest absolute Gasteiger partial charge is 0.527 e. The van der Waals surface area contributed by atoms with E-state index in [0.717, 1.165) is 0 Å². The fraction of sp³-hybridized carbons (Fsp3) is 0.375. The van der Waals surface area contributed by atoms with E-state index in [9.17, 15) is 4.79 Å². The highest BCUT2D eigenvalue weighted by molar-refractivity contribution is 6.07. The van der Waals surface area contributed by atoms with Gasteiger partial charge in [-0.05, 0) is 6.42 Å². The predicted octanol–water partition coefficient (Wildman–Crippen LogP) is -0.527. The molecule has 0 fully saturated rings. The van der Waals surface area contributed by atoms with E-state index in [0.29, 0.717) is 16.9 Å². The SMILES string of the molecule is C#CC(C#C)(CC)C(=O)O[SiH3]. The maximum atomic E-state index is 11.1. The first-order chi connectivity index (χ1) is 5.16. The number of carbonyl (C=O) groups excluding carboxylic acids is 1. The molecule has 58 valence electrons. The molecule has 0 aliphatic carbocycles. The number of carbonyl (C=O) groups is 1. The van der Waals surface area contributed by atoms with Crippen molar-refractivity contribution in [2.45, 2.75) is 13.3 Å². The van der Waals surface area contributed by atoms with E-state index < -0.39 is 11.4 Å². The van der Waals surface area contributed by atoms with Gasteiger partial charge in [0, 0.05) is 0 Å². The quantitative estimate of drug-likeness (QED) is 0.407. The van der Waals surface area contributed by atoms with Gasteiger partial charge in [0.1, 0.15) is 0 Å². The van der Waals surface area contributed by atoms with Gasteiger partial charge in [0.25, 0.3) is 0 Å². The third-order valence-corrected chi connectivity index (χ3v) is 1.93. The maximum absolute atomic E-state index is 11.1. The number of hydrogen-bond donors (Lipinski definition) is 0. The summed E-state index contributed by atoms with van der Waals surface area (Å²) < 4.78 is 4.60. The second kappa shape index (κ2) is 3.85. The van der Waals surface area contributed by atoms with Crippen molar-refractivity contribution in [2.75, 3.05) is 0 Å². The van der Waals surface area contributed by atoms with Gasteiger partial charge < -0.3 is 4.43 Å². The Morgan fingerprint density at radius 1 is 1.64 bits per heavy atom. The van der Waals surface area contributed by atoms with E-state index >= 15 is 0 Å². The van der Waals surface area contributed by atoms with E-state index in [1.165, 1.54) is 0 Å². The number of rotatable bonds is 2. The molecule has 0 unspecified atom stereocenters. The van der Waals surface area contributed by atoms with Crippen LogP contribution >= 0.6 is 0 Å². The molecule has 0 aliphatic rings. The Bertz CT molecular complexity index is 217. The van der Waals surface area contributed by atoms with Gasteiger partial charge in [0.05, 0.1) is 0 Å². The molecule has 0 bridgehead atoms. The van der Waals surface area contributed by atoms with E-state index in [1.807, 2.05) is 0 Å². The summed E-state index contributed by atoms with van der Waals surface area (Å²) in [5.41, 5.74) is -1.14. The highest BCUT2D eigenvalue weighted by Crippen LogP contribution is 2.20. The van der Waals surface area contributed by atoms with Crippen LogP contribution in [0, 0.1) is 30.1 Å². The van der Waals surface area contributed by atoms with Crippen molar-refractivity contribution in [3.8, 4) is 24.7 Å². The summed E-state index contributed by atoms with van der Waals surface area (Å²) in [7, 11) is 0.327. The lowest BCUT2D eigenvalue weighted by molar-refractivity contribution is -0.139. The lowest BCUT2D eigenvalue weighted by Gasteiger charge is -2.16. The van der Waals surface area contributed by atoms with Crippen LogP contribution in [-0.4, -0.2) is 16.5 Å². The first-order valence-corrected chi connectivity index (χ1v) is 4.02. The van der Waals surface area contributed by atoms with E-state index in [2.05, 4.69) is 16.3 Å². The molecular weight excluding hydrogens is 156 g/mol. The van der Waals surface area contributed by atoms with Crippen LogP contribution in [-0.2, 0) is 9.22 Å². The van der Waals surface area contributed by atoms with Gasteiger partial charge in [-0.1, -0.05) is 18.8 Å². The molecule has 0 saturated carbocycles. The third-order valence-electron chi connectivity index (χ3n) is 1.56. The molecule has 0 atom stereocenters. The van der Waals surface area contributed by atoms with Gasteiger partial charge in [-0.3, -0.25) is 4.79 Å². The molecule has 0 saturated heterocycles. The van der Waals surface area contributed by atoms with Crippen LogP contribution in [0.15, 0.2) is 0 Å². The molecular formula is C8H10O2Si. The Kier molecular flexibility index (Phi) is 3.43. The summed E-state index contributed by atoms with van der Waals surface area (Å²) in [6.45, 7) is 1.76. The normalized spacial score (nSPS) is 9.73. The van der Waals surface area contributed by atoms with Crippen molar-refractivity contribution in [2.24, 2.45) is 5.41 Å². The molecule has 0 heterocycles. The zero-order valence-corrected chi connectivity index (χ0v) is 8.68. The Labute approximate surface area is 69.9 Å². The summed E-state index contributed by atoms with van der Waals surface area (Å²) in [5, 5.41) is 0. The zero-order chi connectivity index (χ0) is 8.91. The number of terminal acetylenes is 2. The van der Waals surface area contributed by atoms with E-state index in [4.69, 9.17) is 12.8 Å². The Morgan fingerprint density at radius 3 is 2.18 bits per heavy atom. The monoisotopic (exact) mass is 166 g/mol. The van der Waals surface area contributed by atoms with Crippen molar-refractivity contribution in [1.82, 2.24) is 0 Å². The van der Waals surface area contributed by atoms with Gasteiger partial charge in [-0.25, -0.2) is 0 Å². The third kappa shape index (κ3) is 1.63. The molecule has 0 spiro atoms. The predicted molar refractivity (Wildman–Crippen MR) is 46.4 cm³/mol. The van der Waals surface area contributed by atoms with Crippen molar-refractivity contribution in [3.63, 3.8) is 0 Å². The maximum Gasteiger partial charge on any atom is 0.322 e. The van der Waals surface area contributed by atoms with Crippen LogP contribution in [0.4, 0.5) is 0 Å². The molecule has 3 heteroatoms. The average molecular weight is 166 g/mol. The molecule has 0 amide bonds. The zero-order valence-electron chi connectivity index (χ0n) is 6.68. The summed E-state index contributed by atoms with van der Waals surface area (Å²) in [6.07, 6.45) is 10.7. The number of hydrogen-bond acceptors (Lipinski definition) is 2. The Hall–Kier alpha value is -1.19. The van der Waals surface area contributed by atoms with Gasteiger partial charge in [-0.15, -0.1) is 12.8 Å². The van der Waals surface area contributed by atoms with Crippen LogP contribution in [0.1, 0.15) is 13.3 Å². The fourth-order valence-electron chi connectivity index (χ4n) is 0.682. The minimum absolute atomic E-state index is 0.327. The minimum atomic E-state index is -1.14. The summed E-state index contributed by atoms with van der Waals surface area (Å²) in [4.78, 5) is 11.1. The Balaban J connectivity index is 4.77. The highest BCUT2D eigenvalue weighted by Gasteiger charge is 2.32. The Morgan fingerprint density at radius 2 is 2.09 bits per heavy atom. The van der Waals surface area contributed by atoms with Crippen LogP contribution in [0.25, 0.3) is 0 Å². The van der Waals surface area contributed by atoms with Crippen molar-refractivity contribution in [3.05, 3.63) is 0 Å². The van der Waals surface area contributed by atoms with Crippen molar-refractivity contribution >= 4 is 16.5 Å². The second-order valence-electron chi connectivity index (χ2n) is 2.04. The summed E-state index contributed by atoms with van der Waals surface area (Å²) in [6, 6.07) is 0. The molecule has 0 aliphatic heterocycles. The first-order valence-electron chi connectivity index (χ1n) is 3.20.